The van der Waals surface area contributed by atoms with Crippen LogP contribution in [0.2, 0.25) is 0 Å². The van der Waals surface area contributed by atoms with Gasteiger partial charge < -0.3 is 10.4 Å². The number of hydrogen-bond donors (Lipinski definition) is 2. The normalized spacial score (nSPS) is 11.2. The molecule has 8 heteroatoms. The third kappa shape index (κ3) is 3.06. The predicted octanol–water partition coefficient (Wildman–Crippen LogP) is 3.55. The van der Waals surface area contributed by atoms with Crippen LogP contribution < -0.4 is 5.32 Å². The van der Waals surface area contributed by atoms with E-state index in [1.54, 1.807) is 13.8 Å². The van der Waals surface area contributed by atoms with Gasteiger partial charge in [0.1, 0.15) is 17.0 Å². The van der Waals surface area contributed by atoms with Crippen molar-refractivity contribution in [3.05, 3.63) is 32.5 Å². The molecule has 0 fully saturated rings. The molecule has 0 saturated heterocycles. The number of carboxylic acids is 1. The minimum atomic E-state index is -1.37. The summed E-state index contributed by atoms with van der Waals surface area (Å²) in [4.78, 5) is 21.7. The van der Waals surface area contributed by atoms with Gasteiger partial charge in [-0.05, 0) is 28.8 Å². The molecule has 0 spiro atoms. The van der Waals surface area contributed by atoms with Crippen molar-refractivity contribution in [3.8, 4) is 0 Å². The predicted molar refractivity (Wildman–Crippen MR) is 75.3 cm³/mol. The van der Waals surface area contributed by atoms with Crippen molar-refractivity contribution in [3.63, 3.8) is 0 Å². The summed E-state index contributed by atoms with van der Waals surface area (Å²) in [6, 6.07) is 1.93. The number of aliphatic carboxylic acids is 1. The summed E-state index contributed by atoms with van der Waals surface area (Å²) in [5.41, 5.74) is -1.90. The topological polar surface area (TPSA) is 92.5 Å². The third-order valence-corrected chi connectivity index (χ3v) is 3.83. The molecule has 0 atom stereocenters. The monoisotopic (exact) mass is 348 g/mol. The maximum Gasteiger partial charge on any atom is 0.329 e. The Morgan fingerprint density at radius 1 is 1.50 bits per heavy atom. The number of rotatable bonds is 6. The van der Waals surface area contributed by atoms with Gasteiger partial charge in [-0.3, -0.25) is 10.1 Å². The van der Waals surface area contributed by atoms with Gasteiger partial charge in [0.15, 0.2) is 0 Å². The van der Waals surface area contributed by atoms with E-state index in [0.29, 0.717) is 0 Å². The summed E-state index contributed by atoms with van der Waals surface area (Å²) in [5.74, 6) is -1.84. The van der Waals surface area contributed by atoms with Crippen molar-refractivity contribution in [1.82, 2.24) is 0 Å². The van der Waals surface area contributed by atoms with E-state index in [2.05, 4.69) is 21.2 Å². The van der Waals surface area contributed by atoms with Crippen molar-refractivity contribution in [2.24, 2.45) is 0 Å². The van der Waals surface area contributed by atoms with Crippen LogP contribution in [0.4, 0.5) is 15.8 Å². The van der Waals surface area contributed by atoms with Crippen molar-refractivity contribution in [2.45, 2.75) is 32.2 Å². The number of nitrogens with zero attached hydrogens (tertiary/aromatic N) is 1. The molecule has 1 rings (SSSR count). The van der Waals surface area contributed by atoms with E-state index in [0.717, 1.165) is 12.1 Å². The Bertz CT molecular complexity index is 547. The van der Waals surface area contributed by atoms with Crippen LogP contribution in [0, 0.1) is 15.9 Å². The minimum Gasteiger partial charge on any atom is -0.480 e. The lowest BCUT2D eigenvalue weighted by Gasteiger charge is -2.29. The van der Waals surface area contributed by atoms with E-state index in [9.17, 15) is 24.4 Å². The molecule has 110 valence electrons. The minimum absolute atomic E-state index is 0.0522. The van der Waals surface area contributed by atoms with Gasteiger partial charge in [-0.15, -0.1) is 0 Å². The molecular formula is C12H14BrFN2O4. The van der Waals surface area contributed by atoms with Gasteiger partial charge in [0.2, 0.25) is 0 Å². The molecule has 0 unspecified atom stereocenters. The number of benzene rings is 1. The van der Waals surface area contributed by atoms with Crippen molar-refractivity contribution in [2.75, 3.05) is 5.32 Å². The molecule has 0 aliphatic carbocycles. The van der Waals surface area contributed by atoms with Crippen LogP contribution in [0.25, 0.3) is 0 Å². The van der Waals surface area contributed by atoms with E-state index in [4.69, 9.17) is 0 Å². The Hall–Kier alpha value is -1.70. The van der Waals surface area contributed by atoms with Crippen LogP contribution in [0.1, 0.15) is 26.7 Å². The highest BCUT2D eigenvalue weighted by Crippen LogP contribution is 2.34. The quantitative estimate of drug-likeness (QED) is 0.605. The molecule has 0 aliphatic heterocycles. The van der Waals surface area contributed by atoms with Gasteiger partial charge in [0.05, 0.1) is 9.40 Å². The molecule has 0 aliphatic rings. The number of carboxylic acid groups (broad SMARTS) is 1. The fourth-order valence-corrected chi connectivity index (χ4v) is 2.16. The zero-order chi connectivity index (χ0) is 15.5. The van der Waals surface area contributed by atoms with Crippen molar-refractivity contribution >= 4 is 33.3 Å². The van der Waals surface area contributed by atoms with Gasteiger partial charge in [0, 0.05) is 12.1 Å². The Kier molecular flexibility index (Phi) is 5.04. The fraction of sp³-hybridized carbons (Fsp3) is 0.417. The Morgan fingerprint density at radius 3 is 2.45 bits per heavy atom. The van der Waals surface area contributed by atoms with Gasteiger partial charge >= 0.3 is 5.97 Å². The highest BCUT2D eigenvalue weighted by molar-refractivity contribution is 9.10. The fourth-order valence-electron chi connectivity index (χ4n) is 1.83. The first-order valence-corrected chi connectivity index (χ1v) is 6.71. The number of hydrogen-bond acceptors (Lipinski definition) is 4. The van der Waals surface area contributed by atoms with E-state index in [1.807, 2.05) is 0 Å². The van der Waals surface area contributed by atoms with Crippen LogP contribution in [-0.2, 0) is 4.79 Å². The second kappa shape index (κ2) is 6.17. The lowest BCUT2D eigenvalue weighted by molar-refractivity contribution is -0.384. The first kappa shape index (κ1) is 16.4. The summed E-state index contributed by atoms with van der Waals surface area (Å²) in [6.07, 6.45) is 0.404. The van der Waals surface area contributed by atoms with E-state index in [1.165, 1.54) is 0 Å². The van der Waals surface area contributed by atoms with E-state index in [-0.39, 0.29) is 28.7 Å². The van der Waals surface area contributed by atoms with Crippen LogP contribution in [0.15, 0.2) is 16.6 Å². The summed E-state index contributed by atoms with van der Waals surface area (Å²) >= 11 is 2.87. The number of nitro benzene ring substituents is 1. The maximum atomic E-state index is 13.5. The zero-order valence-electron chi connectivity index (χ0n) is 10.9. The molecule has 0 bridgehead atoms. The van der Waals surface area contributed by atoms with Crippen LogP contribution in [0.3, 0.4) is 0 Å². The number of halogens is 2. The molecule has 1 aromatic carbocycles. The SMILES string of the molecule is CCC(CC)(Nc1cc(F)c(Br)cc1[N+](=O)[O-])C(=O)O. The molecule has 2 N–H and O–H groups in total. The largest absolute Gasteiger partial charge is 0.480 e. The smallest absolute Gasteiger partial charge is 0.329 e. The molecule has 1 aromatic rings. The Morgan fingerprint density at radius 2 is 2.05 bits per heavy atom. The number of anilines is 1. The van der Waals surface area contributed by atoms with Crippen molar-refractivity contribution < 1.29 is 19.2 Å². The average Bonchev–Trinajstić information content (AvgIpc) is 2.39. The molecule has 0 aromatic heterocycles. The summed E-state index contributed by atoms with van der Waals surface area (Å²) < 4.78 is 13.5. The highest BCUT2D eigenvalue weighted by Gasteiger charge is 2.36. The van der Waals surface area contributed by atoms with Crippen molar-refractivity contribution in [1.29, 1.82) is 0 Å². The summed E-state index contributed by atoms with van der Waals surface area (Å²) in [5, 5.41) is 22.9. The molecule has 0 amide bonds. The first-order chi connectivity index (χ1) is 9.27. The van der Waals surface area contributed by atoms with Gasteiger partial charge in [-0.25, -0.2) is 9.18 Å². The standard InChI is InChI=1S/C12H14BrFN2O4/c1-3-12(4-2,11(17)18)15-9-6-8(14)7(13)5-10(9)16(19)20/h5-6,15H,3-4H2,1-2H3,(H,17,18). The zero-order valence-corrected chi connectivity index (χ0v) is 12.5. The van der Waals surface area contributed by atoms with Crippen LogP contribution >= 0.6 is 15.9 Å². The summed E-state index contributed by atoms with van der Waals surface area (Å²) in [7, 11) is 0. The Balaban J connectivity index is 3.35. The first-order valence-electron chi connectivity index (χ1n) is 5.92. The number of carbonyl (C=O) groups is 1. The van der Waals surface area contributed by atoms with Crippen LogP contribution in [0.5, 0.6) is 0 Å². The molecule has 20 heavy (non-hydrogen) atoms. The number of nitro groups is 1. The van der Waals surface area contributed by atoms with E-state index < -0.39 is 22.2 Å². The van der Waals surface area contributed by atoms with Gasteiger partial charge in [-0.2, -0.15) is 0 Å². The lowest BCUT2D eigenvalue weighted by Crippen LogP contribution is -2.45. The molecule has 0 saturated carbocycles. The van der Waals surface area contributed by atoms with Crippen LogP contribution in [-0.4, -0.2) is 21.5 Å². The molecule has 0 radical (unpaired) electrons. The second-order valence-electron chi connectivity index (χ2n) is 4.26. The molecule has 0 heterocycles. The number of nitrogens with one attached hydrogen (secondary N) is 1. The van der Waals surface area contributed by atoms with E-state index >= 15 is 0 Å². The average molecular weight is 349 g/mol. The molecule has 6 nitrogen and oxygen atoms in total. The Labute approximate surface area is 123 Å². The maximum absolute atomic E-state index is 13.5. The van der Waals surface area contributed by atoms with Gasteiger partial charge in [0.25, 0.3) is 5.69 Å². The van der Waals surface area contributed by atoms with Gasteiger partial charge in [-0.1, -0.05) is 13.8 Å². The third-order valence-electron chi connectivity index (χ3n) is 3.23. The second-order valence-corrected chi connectivity index (χ2v) is 5.11. The summed E-state index contributed by atoms with van der Waals surface area (Å²) in [6.45, 7) is 3.29. The molecular weight excluding hydrogens is 335 g/mol. The lowest BCUT2D eigenvalue weighted by atomic mass is 9.92. The highest BCUT2D eigenvalue weighted by atomic mass is 79.9.